The number of aliphatic hydroxyl groups is 1. The first-order chi connectivity index (χ1) is 9.99. The van der Waals surface area contributed by atoms with Gasteiger partial charge in [-0.1, -0.05) is 13.3 Å². The molecular weight excluding hydrogens is 268 g/mol. The first-order valence-corrected chi connectivity index (χ1v) is 7.37. The van der Waals surface area contributed by atoms with Gasteiger partial charge in [-0.25, -0.2) is 4.79 Å². The van der Waals surface area contributed by atoms with Crippen molar-refractivity contribution in [2.24, 2.45) is 0 Å². The van der Waals surface area contributed by atoms with E-state index in [2.05, 4.69) is 12.2 Å². The van der Waals surface area contributed by atoms with Gasteiger partial charge < -0.3 is 20.1 Å². The number of nitrogens with zero attached hydrogens (tertiary/aromatic N) is 1. The molecule has 2 N–H and O–H groups in total. The third-order valence-corrected chi connectivity index (χ3v) is 3.45. The molecule has 1 unspecified atom stereocenters. The van der Waals surface area contributed by atoms with Crippen LogP contribution in [0.15, 0.2) is 18.2 Å². The van der Waals surface area contributed by atoms with E-state index in [0.717, 1.165) is 29.8 Å². The number of rotatable bonds is 7. The summed E-state index contributed by atoms with van der Waals surface area (Å²) in [6.07, 6.45) is 2.13. The minimum absolute atomic E-state index is 0.0624. The molecule has 0 radical (unpaired) electrons. The quantitative estimate of drug-likeness (QED) is 0.760. The maximum atomic E-state index is 12.0. The Balaban J connectivity index is 2.66. The molecule has 21 heavy (non-hydrogen) atoms. The van der Waals surface area contributed by atoms with Crippen LogP contribution in [0.4, 0.5) is 10.5 Å². The van der Waals surface area contributed by atoms with Gasteiger partial charge in [0.2, 0.25) is 0 Å². The molecule has 1 atom stereocenters. The van der Waals surface area contributed by atoms with Gasteiger partial charge in [-0.2, -0.15) is 0 Å². The molecule has 2 amide bonds. The molecule has 1 aromatic carbocycles. The Hall–Kier alpha value is -1.75. The van der Waals surface area contributed by atoms with Gasteiger partial charge >= 0.3 is 6.03 Å². The van der Waals surface area contributed by atoms with Crippen molar-refractivity contribution >= 4 is 11.7 Å². The molecule has 1 aromatic rings. The van der Waals surface area contributed by atoms with E-state index in [0.29, 0.717) is 6.61 Å². The molecule has 0 bridgehead atoms. The molecule has 0 aliphatic carbocycles. The first kappa shape index (κ1) is 17.3. The third kappa shape index (κ3) is 5.27. The number of benzene rings is 1. The van der Waals surface area contributed by atoms with E-state index in [1.165, 1.54) is 4.90 Å². The lowest BCUT2D eigenvalue weighted by molar-refractivity contribution is 0.166. The fraction of sp³-hybridized carbons (Fsp3) is 0.562. The molecule has 0 spiro atoms. The van der Waals surface area contributed by atoms with Crippen molar-refractivity contribution < 1.29 is 14.6 Å². The van der Waals surface area contributed by atoms with Crippen molar-refractivity contribution in [2.75, 3.05) is 25.6 Å². The van der Waals surface area contributed by atoms with Crippen LogP contribution < -0.4 is 10.1 Å². The minimum atomic E-state index is -0.237. The lowest BCUT2D eigenvalue weighted by Crippen LogP contribution is -2.40. The van der Waals surface area contributed by atoms with E-state index < -0.39 is 0 Å². The summed E-state index contributed by atoms with van der Waals surface area (Å²) in [5.41, 5.74) is 1.70. The summed E-state index contributed by atoms with van der Waals surface area (Å²) in [5, 5.41) is 11.9. The van der Waals surface area contributed by atoms with Crippen molar-refractivity contribution in [1.82, 2.24) is 4.90 Å². The number of carbonyl (C=O) groups excluding carboxylic acids is 1. The Bertz CT molecular complexity index is 463. The Labute approximate surface area is 126 Å². The lowest BCUT2D eigenvalue weighted by Gasteiger charge is -2.24. The van der Waals surface area contributed by atoms with E-state index >= 15 is 0 Å². The summed E-state index contributed by atoms with van der Waals surface area (Å²) in [6, 6.07) is 5.15. The van der Waals surface area contributed by atoms with Gasteiger partial charge in [-0.15, -0.1) is 0 Å². The SMILES string of the molecule is CCCCOc1ccc(NC(=O)N(C)C(C)CO)c(C)c1. The summed E-state index contributed by atoms with van der Waals surface area (Å²) in [6.45, 7) is 6.48. The number of urea groups is 1. The molecule has 5 nitrogen and oxygen atoms in total. The first-order valence-electron chi connectivity index (χ1n) is 7.37. The second kappa shape index (κ2) is 8.52. The second-order valence-electron chi connectivity index (χ2n) is 5.25. The van der Waals surface area contributed by atoms with Crippen molar-refractivity contribution in [1.29, 1.82) is 0 Å². The third-order valence-electron chi connectivity index (χ3n) is 3.45. The standard InChI is InChI=1S/C16H26N2O3/c1-5-6-9-21-14-7-8-15(12(2)10-14)17-16(20)18(4)13(3)11-19/h7-8,10,13,19H,5-6,9,11H2,1-4H3,(H,17,20). The fourth-order valence-electron chi connectivity index (χ4n) is 1.73. The molecule has 0 fully saturated rings. The van der Waals surface area contributed by atoms with E-state index in [1.54, 1.807) is 14.0 Å². The van der Waals surface area contributed by atoms with Crippen LogP contribution in [0.2, 0.25) is 0 Å². The topological polar surface area (TPSA) is 61.8 Å². The van der Waals surface area contributed by atoms with Gasteiger partial charge in [0.15, 0.2) is 0 Å². The Kier molecular flexibility index (Phi) is 7.02. The minimum Gasteiger partial charge on any atom is -0.494 e. The number of aryl methyl sites for hydroxylation is 1. The fourth-order valence-corrected chi connectivity index (χ4v) is 1.73. The number of hydrogen-bond acceptors (Lipinski definition) is 3. The van der Waals surface area contributed by atoms with E-state index in [4.69, 9.17) is 9.84 Å². The molecule has 1 rings (SSSR count). The highest BCUT2D eigenvalue weighted by Gasteiger charge is 2.15. The van der Waals surface area contributed by atoms with Crippen molar-refractivity contribution in [3.63, 3.8) is 0 Å². The lowest BCUT2D eigenvalue weighted by atomic mass is 10.2. The maximum Gasteiger partial charge on any atom is 0.321 e. The Morgan fingerprint density at radius 2 is 2.19 bits per heavy atom. The molecule has 0 aromatic heterocycles. The predicted octanol–water partition coefficient (Wildman–Crippen LogP) is 3.02. The van der Waals surface area contributed by atoms with Gasteiger partial charge in [0.25, 0.3) is 0 Å². The summed E-state index contributed by atoms with van der Waals surface area (Å²) in [5.74, 6) is 0.816. The Morgan fingerprint density at radius 3 is 2.76 bits per heavy atom. The van der Waals surface area contributed by atoms with E-state index in [9.17, 15) is 4.79 Å². The van der Waals surface area contributed by atoms with Crippen LogP contribution in [-0.2, 0) is 0 Å². The molecule has 0 heterocycles. The van der Waals surface area contributed by atoms with Crippen LogP contribution >= 0.6 is 0 Å². The molecule has 5 heteroatoms. The van der Waals surface area contributed by atoms with Crippen LogP contribution in [0.3, 0.4) is 0 Å². The largest absolute Gasteiger partial charge is 0.494 e. The molecule has 118 valence electrons. The number of nitrogens with one attached hydrogen (secondary N) is 1. The number of ether oxygens (including phenoxy) is 1. The smallest absolute Gasteiger partial charge is 0.321 e. The van der Waals surface area contributed by atoms with Crippen LogP contribution in [0.25, 0.3) is 0 Å². The highest BCUT2D eigenvalue weighted by Crippen LogP contribution is 2.22. The number of anilines is 1. The predicted molar refractivity (Wildman–Crippen MR) is 84.9 cm³/mol. The van der Waals surface area contributed by atoms with Crippen LogP contribution in [0, 0.1) is 6.92 Å². The number of amides is 2. The number of carbonyl (C=O) groups is 1. The maximum absolute atomic E-state index is 12.0. The molecule has 0 aliphatic heterocycles. The summed E-state index contributed by atoms with van der Waals surface area (Å²) in [4.78, 5) is 13.5. The van der Waals surface area contributed by atoms with Crippen LogP contribution in [-0.4, -0.2) is 42.3 Å². The van der Waals surface area contributed by atoms with Gasteiger partial charge in [-0.05, 0) is 44.0 Å². The summed E-state index contributed by atoms with van der Waals surface area (Å²) >= 11 is 0. The summed E-state index contributed by atoms with van der Waals surface area (Å²) < 4.78 is 5.63. The van der Waals surface area contributed by atoms with Gasteiger partial charge in [0, 0.05) is 12.7 Å². The highest BCUT2D eigenvalue weighted by atomic mass is 16.5. The Morgan fingerprint density at radius 1 is 1.48 bits per heavy atom. The highest BCUT2D eigenvalue weighted by molar-refractivity contribution is 5.90. The van der Waals surface area contributed by atoms with Gasteiger partial charge in [-0.3, -0.25) is 0 Å². The number of likely N-dealkylation sites (N-methyl/N-ethyl adjacent to an activating group) is 1. The molecule has 0 saturated carbocycles. The number of unbranched alkanes of at least 4 members (excludes halogenated alkanes) is 1. The van der Waals surface area contributed by atoms with Crippen molar-refractivity contribution in [3.05, 3.63) is 23.8 Å². The zero-order valence-electron chi connectivity index (χ0n) is 13.3. The van der Waals surface area contributed by atoms with E-state index in [1.807, 2.05) is 25.1 Å². The van der Waals surface area contributed by atoms with Gasteiger partial charge in [0.05, 0.1) is 19.3 Å². The van der Waals surface area contributed by atoms with Gasteiger partial charge in [0.1, 0.15) is 5.75 Å². The second-order valence-corrected chi connectivity index (χ2v) is 5.25. The zero-order chi connectivity index (χ0) is 15.8. The van der Waals surface area contributed by atoms with Crippen LogP contribution in [0.5, 0.6) is 5.75 Å². The monoisotopic (exact) mass is 294 g/mol. The normalized spacial score (nSPS) is 11.9. The number of aliphatic hydroxyl groups excluding tert-OH is 1. The number of hydrogen-bond donors (Lipinski definition) is 2. The van der Waals surface area contributed by atoms with E-state index in [-0.39, 0.29) is 18.7 Å². The van der Waals surface area contributed by atoms with Crippen molar-refractivity contribution in [2.45, 2.75) is 39.7 Å². The molecular formula is C16H26N2O3. The average Bonchev–Trinajstić information content (AvgIpc) is 2.48. The molecule has 0 saturated heterocycles. The van der Waals surface area contributed by atoms with Crippen molar-refractivity contribution in [3.8, 4) is 5.75 Å². The average molecular weight is 294 g/mol. The summed E-state index contributed by atoms with van der Waals surface area (Å²) in [7, 11) is 1.66. The zero-order valence-corrected chi connectivity index (χ0v) is 13.3. The van der Waals surface area contributed by atoms with Crippen LogP contribution in [0.1, 0.15) is 32.3 Å². The molecule has 0 aliphatic rings.